The Morgan fingerprint density at radius 2 is 1.04 bits per heavy atom. The molecule has 0 spiro atoms. The predicted octanol–water partition coefficient (Wildman–Crippen LogP) is 13.6. The molecule has 2 aromatic heterocycles. The second-order valence-electron chi connectivity index (χ2n) is 15.2. The molecule has 4 nitrogen and oxygen atoms in total. The van der Waals surface area contributed by atoms with Gasteiger partial charge in [0.1, 0.15) is 11.2 Å². The number of fused-ring (bicyclic) bond motifs is 8. The van der Waals surface area contributed by atoms with Crippen LogP contribution >= 0.6 is 0 Å². The van der Waals surface area contributed by atoms with Gasteiger partial charge in [0, 0.05) is 38.4 Å². The molecule has 0 saturated heterocycles. The van der Waals surface area contributed by atoms with Crippen LogP contribution in [0, 0.1) is 0 Å². The topological polar surface area (TPSA) is 51.8 Å². The van der Waals surface area contributed by atoms with E-state index in [1.165, 1.54) is 27.6 Å². The summed E-state index contributed by atoms with van der Waals surface area (Å²) in [7, 11) is 0. The number of hydrogen-bond acceptors (Lipinski definition) is 4. The van der Waals surface area contributed by atoms with Gasteiger partial charge in [-0.2, -0.15) is 0 Å². The zero-order valence-corrected chi connectivity index (χ0v) is 31.0. The van der Waals surface area contributed by atoms with Crippen LogP contribution in [-0.4, -0.2) is 15.0 Å². The first-order valence-electron chi connectivity index (χ1n) is 19.1. The quantitative estimate of drug-likeness (QED) is 0.178. The lowest BCUT2D eigenvalue weighted by Crippen LogP contribution is -2.14. The van der Waals surface area contributed by atoms with E-state index in [2.05, 4.69) is 166 Å². The van der Waals surface area contributed by atoms with Crippen LogP contribution in [0.25, 0.3) is 100 Å². The molecule has 0 bridgehead atoms. The van der Waals surface area contributed by atoms with Crippen LogP contribution < -0.4 is 0 Å². The molecule has 8 aromatic carbocycles. The SMILES string of the molecule is CC1(C)c2ccccc2-c2ccc(-c3cc(-c4nc(-c5ccccc5)nc(-c5cccc(-c6ccccc6)c5)n4)cc4c3oc3ccc5ccccc5c34)cc21. The summed E-state index contributed by atoms with van der Waals surface area (Å²) in [5.41, 5.74) is 13.9. The summed E-state index contributed by atoms with van der Waals surface area (Å²) < 4.78 is 6.86. The van der Waals surface area contributed by atoms with Gasteiger partial charge in [-0.25, -0.2) is 15.0 Å². The molecule has 0 radical (unpaired) electrons. The maximum atomic E-state index is 6.86. The van der Waals surface area contributed by atoms with Gasteiger partial charge in [0.15, 0.2) is 17.5 Å². The predicted molar refractivity (Wildman–Crippen MR) is 229 cm³/mol. The highest BCUT2D eigenvalue weighted by molar-refractivity contribution is 6.21. The zero-order valence-electron chi connectivity index (χ0n) is 31.0. The molecule has 4 heteroatoms. The molecule has 10 aromatic rings. The van der Waals surface area contributed by atoms with Crippen molar-refractivity contribution >= 4 is 32.7 Å². The van der Waals surface area contributed by atoms with Gasteiger partial charge in [-0.15, -0.1) is 0 Å². The van der Waals surface area contributed by atoms with Crippen molar-refractivity contribution in [3.8, 4) is 67.5 Å². The van der Waals surface area contributed by atoms with E-state index in [-0.39, 0.29) is 5.41 Å². The second kappa shape index (κ2) is 12.4. The number of benzene rings is 8. The van der Waals surface area contributed by atoms with Crippen molar-refractivity contribution in [2.24, 2.45) is 0 Å². The van der Waals surface area contributed by atoms with Crippen molar-refractivity contribution in [2.75, 3.05) is 0 Å². The van der Waals surface area contributed by atoms with E-state index in [4.69, 9.17) is 19.4 Å². The molecule has 11 rings (SSSR count). The molecule has 0 unspecified atom stereocenters. The highest BCUT2D eigenvalue weighted by atomic mass is 16.3. The van der Waals surface area contributed by atoms with E-state index >= 15 is 0 Å². The van der Waals surface area contributed by atoms with Crippen molar-refractivity contribution in [1.29, 1.82) is 0 Å². The summed E-state index contributed by atoms with van der Waals surface area (Å²) in [4.78, 5) is 15.6. The Hall–Kier alpha value is -7.17. The van der Waals surface area contributed by atoms with Crippen LogP contribution in [0.2, 0.25) is 0 Å². The lowest BCUT2D eigenvalue weighted by Gasteiger charge is -2.22. The zero-order chi connectivity index (χ0) is 37.4. The van der Waals surface area contributed by atoms with E-state index < -0.39 is 0 Å². The van der Waals surface area contributed by atoms with E-state index in [0.717, 1.165) is 66.3 Å². The average molecular weight is 718 g/mol. The standard InChI is InChI=1S/C52H35N3O/c1-52(2)44-23-12-11-22-40(44)41-26-24-36(31-45(41)52)42-29-38(30-43-47-39-21-10-9-16-33(39)25-27-46(47)56-48(42)43)51-54-49(34-17-7-4-8-18-34)53-50(55-51)37-20-13-19-35(28-37)32-14-5-3-6-15-32/h3-31H,1-2H3. The van der Waals surface area contributed by atoms with Crippen molar-refractivity contribution < 1.29 is 4.42 Å². The Morgan fingerprint density at radius 1 is 0.393 bits per heavy atom. The molecule has 264 valence electrons. The van der Waals surface area contributed by atoms with Crippen molar-refractivity contribution in [1.82, 2.24) is 15.0 Å². The Labute approximate surface area is 324 Å². The first-order chi connectivity index (χ1) is 27.5. The van der Waals surface area contributed by atoms with Gasteiger partial charge in [0.05, 0.1) is 0 Å². The fourth-order valence-electron chi connectivity index (χ4n) is 8.68. The van der Waals surface area contributed by atoms with Gasteiger partial charge in [-0.3, -0.25) is 0 Å². The van der Waals surface area contributed by atoms with E-state index in [1.54, 1.807) is 0 Å². The maximum absolute atomic E-state index is 6.86. The molecule has 0 amide bonds. The molecule has 0 N–H and O–H groups in total. The van der Waals surface area contributed by atoms with Gasteiger partial charge in [0.25, 0.3) is 0 Å². The Kier molecular flexibility index (Phi) is 7.17. The molecule has 0 atom stereocenters. The van der Waals surface area contributed by atoms with E-state index in [1.807, 2.05) is 24.3 Å². The summed E-state index contributed by atoms with van der Waals surface area (Å²) in [6, 6.07) is 61.9. The van der Waals surface area contributed by atoms with Crippen molar-refractivity contribution in [2.45, 2.75) is 19.3 Å². The molecule has 0 saturated carbocycles. The maximum Gasteiger partial charge on any atom is 0.164 e. The summed E-state index contributed by atoms with van der Waals surface area (Å²) in [6.45, 7) is 4.65. The minimum absolute atomic E-state index is 0.148. The van der Waals surface area contributed by atoms with Gasteiger partial charge >= 0.3 is 0 Å². The molecule has 2 heterocycles. The van der Waals surface area contributed by atoms with Crippen LogP contribution in [0.15, 0.2) is 180 Å². The monoisotopic (exact) mass is 717 g/mol. The number of rotatable bonds is 5. The Morgan fingerprint density at radius 3 is 1.86 bits per heavy atom. The third kappa shape index (κ3) is 5.10. The number of furan rings is 1. The molecular weight excluding hydrogens is 683 g/mol. The lowest BCUT2D eigenvalue weighted by molar-refractivity contribution is 0.660. The number of nitrogens with zero attached hydrogens (tertiary/aromatic N) is 3. The fourth-order valence-corrected chi connectivity index (χ4v) is 8.68. The van der Waals surface area contributed by atoms with Gasteiger partial charge in [-0.1, -0.05) is 159 Å². The molecular formula is C52H35N3O. The third-order valence-electron chi connectivity index (χ3n) is 11.5. The lowest BCUT2D eigenvalue weighted by atomic mass is 9.81. The fraction of sp³-hybridized carbons (Fsp3) is 0.0577. The van der Waals surface area contributed by atoms with Gasteiger partial charge in [0.2, 0.25) is 0 Å². The Bertz CT molecular complexity index is 3160. The van der Waals surface area contributed by atoms with Crippen molar-refractivity contribution in [3.05, 3.63) is 187 Å². The minimum Gasteiger partial charge on any atom is -0.455 e. The van der Waals surface area contributed by atoms with Crippen LogP contribution in [0.5, 0.6) is 0 Å². The molecule has 1 aliphatic carbocycles. The van der Waals surface area contributed by atoms with Gasteiger partial charge in [-0.05, 0) is 80.0 Å². The number of aromatic nitrogens is 3. The summed E-state index contributed by atoms with van der Waals surface area (Å²) in [6.07, 6.45) is 0. The highest BCUT2D eigenvalue weighted by Gasteiger charge is 2.35. The van der Waals surface area contributed by atoms with Crippen LogP contribution in [-0.2, 0) is 5.41 Å². The summed E-state index contributed by atoms with van der Waals surface area (Å²) in [5, 5.41) is 4.43. The average Bonchev–Trinajstić information content (AvgIpc) is 3.76. The summed E-state index contributed by atoms with van der Waals surface area (Å²) in [5.74, 6) is 1.84. The normalized spacial score (nSPS) is 13.0. The summed E-state index contributed by atoms with van der Waals surface area (Å²) >= 11 is 0. The largest absolute Gasteiger partial charge is 0.455 e. The molecule has 0 fully saturated rings. The van der Waals surface area contributed by atoms with E-state index in [0.29, 0.717) is 17.5 Å². The smallest absolute Gasteiger partial charge is 0.164 e. The molecule has 0 aliphatic heterocycles. The van der Waals surface area contributed by atoms with Gasteiger partial charge < -0.3 is 4.42 Å². The van der Waals surface area contributed by atoms with E-state index in [9.17, 15) is 0 Å². The minimum atomic E-state index is -0.148. The third-order valence-corrected chi connectivity index (χ3v) is 11.5. The second-order valence-corrected chi connectivity index (χ2v) is 15.2. The molecule has 56 heavy (non-hydrogen) atoms. The van der Waals surface area contributed by atoms with Crippen molar-refractivity contribution in [3.63, 3.8) is 0 Å². The Balaban J connectivity index is 1.18. The highest BCUT2D eigenvalue weighted by Crippen LogP contribution is 2.50. The van der Waals surface area contributed by atoms with Crippen LogP contribution in [0.4, 0.5) is 0 Å². The first kappa shape index (κ1) is 32.3. The molecule has 1 aliphatic rings. The number of hydrogen-bond donors (Lipinski definition) is 0. The first-order valence-corrected chi connectivity index (χ1v) is 19.1. The van der Waals surface area contributed by atoms with Crippen LogP contribution in [0.3, 0.4) is 0 Å². The van der Waals surface area contributed by atoms with Crippen LogP contribution in [0.1, 0.15) is 25.0 Å².